The van der Waals surface area contributed by atoms with Crippen LogP contribution < -0.4 is 19.9 Å². The molecule has 2 bridgehead atoms. The van der Waals surface area contributed by atoms with Gasteiger partial charge in [0.1, 0.15) is 18.1 Å². The molecule has 39 heavy (non-hydrogen) atoms. The highest BCUT2D eigenvalue weighted by Crippen LogP contribution is 2.53. The molecular weight excluding hydrogens is 498 g/mol. The van der Waals surface area contributed by atoms with Gasteiger partial charge in [-0.15, -0.1) is 13.2 Å². The van der Waals surface area contributed by atoms with E-state index in [4.69, 9.17) is 29.7 Å². The zero-order chi connectivity index (χ0) is 28.9. The largest absolute Gasteiger partial charge is 0.509 e. The molecule has 4 aliphatic heterocycles. The topological polar surface area (TPSA) is 98.9 Å². The van der Waals surface area contributed by atoms with Gasteiger partial charge in [-0.3, -0.25) is 9.80 Å². The molecule has 1 unspecified atom stereocenters. The minimum atomic E-state index is -0.0594. The predicted molar refractivity (Wildman–Crippen MR) is 153 cm³/mol. The van der Waals surface area contributed by atoms with Crippen LogP contribution in [0.4, 0.5) is 0 Å². The van der Waals surface area contributed by atoms with E-state index in [2.05, 4.69) is 43.5 Å². The Morgan fingerprint density at radius 2 is 1.97 bits per heavy atom. The number of piperazine rings is 1. The third kappa shape index (κ3) is 5.41. The van der Waals surface area contributed by atoms with E-state index in [1.165, 1.54) is 12.7 Å². The zero-order valence-corrected chi connectivity index (χ0v) is 24.3. The number of allylic oxidation sites excluding steroid dienone is 1. The number of nitrogens with two attached hydrogens (primary N) is 1. The maximum absolute atomic E-state index is 10.5. The molecule has 0 spiro atoms. The Morgan fingerprint density at radius 3 is 2.59 bits per heavy atom. The summed E-state index contributed by atoms with van der Waals surface area (Å²) < 4.78 is 17.8. The Bertz CT molecular complexity index is 1100. The predicted octanol–water partition coefficient (Wildman–Crippen LogP) is 4.81. The van der Waals surface area contributed by atoms with Crippen LogP contribution in [0.5, 0.6) is 17.2 Å². The SMILES string of the molecule is C=C.C=CCOc1cc2c(c3c1CC1[C@H]4C(/C(OOC)=C(\C)O)=C(C)C[C@@H](CN1[C@H]3CN)N4C)OCO2.CC. The van der Waals surface area contributed by atoms with E-state index in [0.717, 1.165) is 47.6 Å². The summed E-state index contributed by atoms with van der Waals surface area (Å²) in [7, 11) is 3.60. The smallest absolute Gasteiger partial charge is 0.231 e. The van der Waals surface area contributed by atoms with E-state index in [9.17, 15) is 5.11 Å². The van der Waals surface area contributed by atoms with E-state index in [1.807, 2.05) is 19.9 Å². The van der Waals surface area contributed by atoms with Gasteiger partial charge in [-0.2, -0.15) is 4.89 Å². The van der Waals surface area contributed by atoms with E-state index in [1.54, 1.807) is 13.0 Å². The van der Waals surface area contributed by atoms with Gasteiger partial charge in [-0.1, -0.05) is 32.1 Å². The highest BCUT2D eigenvalue weighted by molar-refractivity contribution is 5.61. The fourth-order valence-electron chi connectivity index (χ4n) is 6.36. The minimum Gasteiger partial charge on any atom is -0.509 e. The first-order valence-electron chi connectivity index (χ1n) is 13.6. The summed E-state index contributed by atoms with van der Waals surface area (Å²) in [6.07, 6.45) is 3.32. The first-order chi connectivity index (χ1) is 18.9. The van der Waals surface area contributed by atoms with Crippen LogP contribution >= 0.6 is 0 Å². The number of nitrogens with zero attached hydrogens (tertiary/aromatic N) is 2. The number of benzene rings is 1. The molecule has 9 nitrogen and oxygen atoms in total. The fourth-order valence-corrected chi connectivity index (χ4v) is 6.36. The molecule has 4 aliphatic rings. The molecule has 5 rings (SSSR count). The van der Waals surface area contributed by atoms with Crippen molar-refractivity contribution in [2.45, 2.75) is 64.7 Å². The molecular formula is C30H45N3O6. The van der Waals surface area contributed by atoms with Gasteiger partial charge in [0.25, 0.3) is 0 Å². The molecule has 9 heteroatoms. The number of aliphatic hydroxyl groups excluding tert-OH is 1. The number of ether oxygens (including phenoxy) is 3. The van der Waals surface area contributed by atoms with Gasteiger partial charge in [0, 0.05) is 47.9 Å². The Hall–Kier alpha value is -2.98. The second-order valence-corrected chi connectivity index (χ2v) is 9.65. The van der Waals surface area contributed by atoms with Gasteiger partial charge in [0.15, 0.2) is 11.5 Å². The molecule has 1 fully saturated rings. The lowest BCUT2D eigenvalue weighted by atomic mass is 9.74. The van der Waals surface area contributed by atoms with Crippen molar-refractivity contribution in [3.8, 4) is 17.2 Å². The second kappa shape index (κ2) is 13.4. The average molecular weight is 544 g/mol. The lowest BCUT2D eigenvalue weighted by Gasteiger charge is -2.58. The van der Waals surface area contributed by atoms with Gasteiger partial charge >= 0.3 is 0 Å². The summed E-state index contributed by atoms with van der Waals surface area (Å²) in [6, 6.07) is 2.21. The third-order valence-electron chi connectivity index (χ3n) is 7.76. The summed E-state index contributed by atoms with van der Waals surface area (Å²) in [5.74, 6) is 2.71. The highest BCUT2D eigenvalue weighted by atomic mass is 17.2. The van der Waals surface area contributed by atoms with Crippen molar-refractivity contribution in [1.29, 1.82) is 0 Å². The van der Waals surface area contributed by atoms with Gasteiger partial charge in [0.05, 0.1) is 19.2 Å². The molecule has 4 heterocycles. The zero-order valence-electron chi connectivity index (χ0n) is 24.3. The number of aliphatic hydroxyl groups is 1. The Labute approximate surface area is 233 Å². The molecule has 0 aliphatic carbocycles. The summed E-state index contributed by atoms with van der Waals surface area (Å²) in [5.41, 5.74) is 10.8. The molecule has 0 radical (unpaired) electrons. The van der Waals surface area contributed by atoms with Crippen molar-refractivity contribution in [1.82, 2.24) is 9.80 Å². The summed E-state index contributed by atoms with van der Waals surface area (Å²) >= 11 is 0. The molecule has 0 saturated carbocycles. The Morgan fingerprint density at radius 1 is 1.26 bits per heavy atom. The molecule has 3 N–H and O–H groups in total. The molecule has 4 atom stereocenters. The molecule has 1 saturated heterocycles. The summed E-state index contributed by atoms with van der Waals surface area (Å²) in [4.78, 5) is 15.5. The van der Waals surface area contributed by atoms with Crippen LogP contribution in [0.2, 0.25) is 0 Å². The van der Waals surface area contributed by atoms with Crippen molar-refractivity contribution < 1.29 is 29.1 Å². The number of rotatable bonds is 7. The van der Waals surface area contributed by atoms with Crippen LogP contribution in [0.15, 0.2) is 54.5 Å². The molecule has 1 aromatic carbocycles. The van der Waals surface area contributed by atoms with Crippen molar-refractivity contribution in [2.75, 3.05) is 40.6 Å². The third-order valence-corrected chi connectivity index (χ3v) is 7.76. The van der Waals surface area contributed by atoms with Crippen molar-refractivity contribution in [2.24, 2.45) is 5.73 Å². The number of likely N-dealkylation sites (N-methyl/N-ethyl adjacent to an activating group) is 1. The van der Waals surface area contributed by atoms with Crippen molar-refractivity contribution in [3.63, 3.8) is 0 Å². The number of fused-ring (bicyclic) bond motifs is 7. The second-order valence-electron chi connectivity index (χ2n) is 9.65. The van der Waals surface area contributed by atoms with Crippen LogP contribution in [-0.4, -0.2) is 73.7 Å². The monoisotopic (exact) mass is 543 g/mol. The van der Waals surface area contributed by atoms with E-state index >= 15 is 0 Å². The van der Waals surface area contributed by atoms with E-state index in [-0.39, 0.29) is 30.7 Å². The van der Waals surface area contributed by atoms with Crippen LogP contribution in [-0.2, 0) is 16.2 Å². The fraction of sp³-hybridized carbons (Fsp3) is 0.533. The van der Waals surface area contributed by atoms with Gasteiger partial charge in [-0.25, -0.2) is 0 Å². The molecule has 1 aromatic rings. The number of hydrogen-bond acceptors (Lipinski definition) is 9. The Kier molecular flexibility index (Phi) is 10.5. The van der Waals surface area contributed by atoms with Crippen LogP contribution in [0.1, 0.15) is 51.3 Å². The highest BCUT2D eigenvalue weighted by Gasteiger charge is 2.52. The van der Waals surface area contributed by atoms with E-state index in [0.29, 0.717) is 30.7 Å². The lowest BCUT2D eigenvalue weighted by molar-refractivity contribution is -0.238. The van der Waals surface area contributed by atoms with E-state index < -0.39 is 0 Å². The normalized spacial score (nSPS) is 25.6. The van der Waals surface area contributed by atoms with Crippen molar-refractivity contribution in [3.05, 3.63) is 65.7 Å². The summed E-state index contributed by atoms with van der Waals surface area (Å²) in [6.45, 7) is 19.4. The lowest BCUT2D eigenvalue weighted by Crippen LogP contribution is -2.68. The van der Waals surface area contributed by atoms with Crippen LogP contribution in [0, 0.1) is 0 Å². The standard InChI is InChI=1S/C26H35N3O6.C2H6.C2H4/c1-6-7-32-20-10-21-26(34-13-33-21)23-17(20)9-18-24-22(25(15(3)30)35-31-5)14(2)8-16(28(24)4)12-29(18)19(23)11-27;2*1-2/h6,10,16,18-19,24,30H,1,7-9,11-13,27H2,2-5H3;1-2H3;1-2H2/b25-15-;;/t16-,18?,19-,24-;;/m0../s1. The molecule has 216 valence electrons. The quantitative estimate of drug-likeness (QED) is 0.217. The first kappa shape index (κ1) is 30.6. The average Bonchev–Trinajstić information content (AvgIpc) is 3.42. The van der Waals surface area contributed by atoms with Crippen LogP contribution in [0.25, 0.3) is 0 Å². The molecule has 0 aromatic heterocycles. The van der Waals surface area contributed by atoms with Crippen LogP contribution in [0.3, 0.4) is 0 Å². The van der Waals surface area contributed by atoms with Gasteiger partial charge in [-0.05, 0) is 33.7 Å². The van der Waals surface area contributed by atoms with Gasteiger partial charge < -0.3 is 29.9 Å². The minimum absolute atomic E-state index is 0.0328. The maximum Gasteiger partial charge on any atom is 0.231 e. The molecule has 0 amide bonds. The summed E-state index contributed by atoms with van der Waals surface area (Å²) in [5, 5.41) is 10.5. The van der Waals surface area contributed by atoms with Gasteiger partial charge in [0.2, 0.25) is 12.6 Å². The van der Waals surface area contributed by atoms with Crippen molar-refractivity contribution >= 4 is 0 Å². The first-order valence-corrected chi connectivity index (χ1v) is 13.6. The Balaban J connectivity index is 0.00000100. The maximum atomic E-state index is 10.5. The number of hydrogen-bond donors (Lipinski definition) is 2.